The van der Waals surface area contributed by atoms with Crippen molar-refractivity contribution in [2.75, 3.05) is 0 Å². The molecule has 0 rings (SSSR count). The summed E-state index contributed by atoms with van der Waals surface area (Å²) in [4.78, 5) is 0. The van der Waals surface area contributed by atoms with Gasteiger partial charge in [-0.25, -0.2) is 0 Å². The van der Waals surface area contributed by atoms with Gasteiger partial charge in [-0.3, -0.25) is 0 Å². The summed E-state index contributed by atoms with van der Waals surface area (Å²) in [5, 5.41) is 0. The van der Waals surface area contributed by atoms with E-state index in [0.717, 1.165) is 0 Å². The van der Waals surface area contributed by atoms with Gasteiger partial charge in [0.2, 0.25) is 0 Å². The van der Waals surface area contributed by atoms with Crippen molar-refractivity contribution >= 4 is 0 Å². The highest BCUT2D eigenvalue weighted by Gasteiger charge is 2.26. The molecule has 0 aromatic rings. The van der Waals surface area contributed by atoms with Crippen molar-refractivity contribution in [3.8, 4) is 0 Å². The number of allylic oxidation sites excluding steroid dienone is 2. The van der Waals surface area contributed by atoms with Crippen molar-refractivity contribution in [3.05, 3.63) is 18.6 Å². The fraction of sp³-hybridized carbons (Fsp3) is 0.571. The summed E-state index contributed by atoms with van der Waals surface area (Å²) >= 11 is 0. The molecule has 0 nitrogen and oxygen atoms in total. The average Bonchev–Trinajstić information content (AvgIpc) is 1.59. The monoisotopic (exact) mass is 151 g/mol. The topological polar surface area (TPSA) is 0 Å². The molecule has 0 heterocycles. The van der Waals surface area contributed by atoms with E-state index in [0.29, 0.717) is 12.0 Å². The van der Waals surface area contributed by atoms with E-state index in [1.165, 1.54) is 13.0 Å². The molecule has 0 spiro atoms. The third-order valence-electron chi connectivity index (χ3n) is 0.972. The number of rotatable bonds is 2. The Kier molecular flexibility index (Phi) is 3.47. The van der Waals surface area contributed by atoms with Crippen LogP contribution in [0.5, 0.6) is 0 Å². The molecule has 0 amide bonds. The lowest BCUT2D eigenvalue weighted by Gasteiger charge is -2.04. The fourth-order valence-corrected chi connectivity index (χ4v) is 0.635. The summed E-state index contributed by atoms with van der Waals surface area (Å²) in [6.07, 6.45) is -2.99. The van der Waals surface area contributed by atoms with Crippen LogP contribution >= 0.6 is 0 Å². The van der Waals surface area contributed by atoms with Gasteiger partial charge in [0, 0.05) is 0 Å². The van der Waals surface area contributed by atoms with Gasteiger partial charge in [0.15, 0.2) is 0 Å². The lowest BCUT2D eigenvalue weighted by atomic mass is 10.2. The van der Waals surface area contributed by atoms with Gasteiger partial charge in [-0.15, -0.1) is 0 Å². The first-order valence-electron chi connectivity index (χ1n) is 2.97. The Morgan fingerprint density at radius 3 is 2.30 bits per heavy atom. The van der Waals surface area contributed by atoms with Gasteiger partial charge >= 0.3 is 6.18 Å². The van der Waals surface area contributed by atoms with E-state index in [-0.39, 0.29) is 0 Å². The lowest BCUT2D eigenvalue weighted by molar-refractivity contribution is -0.127. The summed E-state index contributed by atoms with van der Waals surface area (Å²) in [6, 6.07) is 0. The maximum Gasteiger partial charge on any atom is 0.392 e. The van der Waals surface area contributed by atoms with E-state index >= 15 is 0 Å². The first kappa shape index (κ1) is 9.53. The second-order valence-corrected chi connectivity index (χ2v) is 2.13. The summed E-state index contributed by atoms with van der Waals surface area (Å²) < 4.78 is 34.7. The number of hydrogen-bond donors (Lipinski definition) is 0. The van der Waals surface area contributed by atoms with Crippen molar-refractivity contribution in [1.29, 1.82) is 0 Å². The molecule has 0 aliphatic heterocycles. The predicted molar refractivity (Wildman–Crippen MR) is 34.4 cm³/mol. The van der Waals surface area contributed by atoms with Crippen LogP contribution < -0.4 is 0 Å². The molecule has 59 valence electrons. The molecule has 0 saturated heterocycles. The first-order valence-corrected chi connectivity index (χ1v) is 2.97. The van der Waals surface area contributed by atoms with Crippen LogP contribution in [0, 0.1) is 6.92 Å². The molecule has 0 fully saturated rings. The van der Waals surface area contributed by atoms with Gasteiger partial charge in [0.25, 0.3) is 0 Å². The molecule has 0 aromatic heterocycles. The van der Waals surface area contributed by atoms with E-state index < -0.39 is 12.6 Å². The minimum Gasteiger partial charge on any atom is -0.171 e. The van der Waals surface area contributed by atoms with Crippen LogP contribution in [0.25, 0.3) is 0 Å². The van der Waals surface area contributed by atoms with Crippen LogP contribution in [0.3, 0.4) is 0 Å². The second kappa shape index (κ2) is 3.64. The molecule has 0 bridgehead atoms. The summed E-state index contributed by atoms with van der Waals surface area (Å²) in [6.45, 7) is 4.87. The van der Waals surface area contributed by atoms with Crippen LogP contribution in [0.2, 0.25) is 0 Å². The molecular weight excluding hydrogens is 141 g/mol. The van der Waals surface area contributed by atoms with Gasteiger partial charge in [-0.05, 0) is 20.3 Å². The molecule has 10 heavy (non-hydrogen) atoms. The Morgan fingerprint density at radius 1 is 1.50 bits per heavy atom. The quantitative estimate of drug-likeness (QED) is 0.532. The highest BCUT2D eigenvalue weighted by Crippen LogP contribution is 2.23. The van der Waals surface area contributed by atoms with E-state index in [1.54, 1.807) is 0 Å². The highest BCUT2D eigenvalue weighted by atomic mass is 19.4. The number of halogens is 3. The number of hydrogen-bond acceptors (Lipinski definition) is 0. The third kappa shape index (κ3) is 5.66. The molecular formula is C7H10F3. The second-order valence-electron chi connectivity index (χ2n) is 2.13. The van der Waals surface area contributed by atoms with E-state index in [2.05, 4.69) is 6.92 Å². The van der Waals surface area contributed by atoms with Crippen molar-refractivity contribution in [3.63, 3.8) is 0 Å². The van der Waals surface area contributed by atoms with Gasteiger partial charge in [-0.2, -0.15) is 13.2 Å². The Labute approximate surface area is 58.7 Å². The molecule has 3 heteroatoms. The Morgan fingerprint density at radius 2 is 2.00 bits per heavy atom. The molecule has 0 saturated carbocycles. The van der Waals surface area contributed by atoms with Crippen LogP contribution in [0.15, 0.2) is 11.6 Å². The van der Waals surface area contributed by atoms with Crippen molar-refractivity contribution in [2.24, 2.45) is 0 Å². The first-order chi connectivity index (χ1) is 4.45. The SMILES string of the molecule is [CH2]CC=C(C)CC(F)(F)F. The van der Waals surface area contributed by atoms with Gasteiger partial charge in [-0.1, -0.05) is 11.6 Å². The maximum atomic E-state index is 11.6. The third-order valence-corrected chi connectivity index (χ3v) is 0.972. The standard InChI is InChI=1S/C7H10F3/c1-3-4-6(2)5-7(8,9)10/h4H,1,3,5H2,2H3. The highest BCUT2D eigenvalue weighted by molar-refractivity contribution is 4.99. The van der Waals surface area contributed by atoms with Gasteiger partial charge < -0.3 is 0 Å². The Bertz CT molecular complexity index is 121. The minimum absolute atomic E-state index is 0.336. The smallest absolute Gasteiger partial charge is 0.171 e. The largest absolute Gasteiger partial charge is 0.392 e. The molecule has 0 unspecified atom stereocenters. The molecule has 0 N–H and O–H groups in total. The van der Waals surface area contributed by atoms with Crippen LogP contribution in [-0.4, -0.2) is 6.18 Å². The summed E-state index contributed by atoms with van der Waals surface area (Å²) in [5.74, 6) is 0. The fourth-order valence-electron chi connectivity index (χ4n) is 0.635. The van der Waals surface area contributed by atoms with E-state index in [1.807, 2.05) is 0 Å². The molecule has 0 aliphatic carbocycles. The van der Waals surface area contributed by atoms with Gasteiger partial charge in [0.1, 0.15) is 0 Å². The predicted octanol–water partition coefficient (Wildman–Crippen LogP) is 3.11. The normalized spacial score (nSPS) is 13.9. The van der Waals surface area contributed by atoms with Crippen molar-refractivity contribution in [2.45, 2.75) is 25.9 Å². The van der Waals surface area contributed by atoms with Crippen molar-refractivity contribution in [1.82, 2.24) is 0 Å². The average molecular weight is 151 g/mol. The zero-order valence-corrected chi connectivity index (χ0v) is 5.83. The van der Waals surface area contributed by atoms with Crippen LogP contribution in [0.1, 0.15) is 19.8 Å². The Hall–Kier alpha value is -0.470. The molecule has 0 aliphatic rings. The maximum absolute atomic E-state index is 11.6. The van der Waals surface area contributed by atoms with Gasteiger partial charge in [0.05, 0.1) is 6.42 Å². The zero-order chi connectivity index (χ0) is 8.20. The van der Waals surface area contributed by atoms with E-state index in [4.69, 9.17) is 0 Å². The van der Waals surface area contributed by atoms with Crippen LogP contribution in [0.4, 0.5) is 13.2 Å². The van der Waals surface area contributed by atoms with Crippen LogP contribution in [-0.2, 0) is 0 Å². The van der Waals surface area contributed by atoms with Crippen molar-refractivity contribution < 1.29 is 13.2 Å². The zero-order valence-electron chi connectivity index (χ0n) is 5.83. The molecule has 1 radical (unpaired) electrons. The molecule has 0 atom stereocenters. The Balaban J connectivity index is 3.79. The summed E-state index contributed by atoms with van der Waals surface area (Å²) in [7, 11) is 0. The number of alkyl halides is 3. The molecule has 0 aromatic carbocycles. The summed E-state index contributed by atoms with van der Waals surface area (Å²) in [5.41, 5.74) is 0.336. The van der Waals surface area contributed by atoms with E-state index in [9.17, 15) is 13.2 Å². The minimum atomic E-state index is -4.07. The lowest BCUT2D eigenvalue weighted by Crippen LogP contribution is -2.06.